The van der Waals surface area contributed by atoms with Gasteiger partial charge in [0.2, 0.25) is 21.1 Å². The van der Waals surface area contributed by atoms with E-state index < -0.39 is 15.9 Å². The van der Waals surface area contributed by atoms with Gasteiger partial charge >= 0.3 is 0 Å². The van der Waals surface area contributed by atoms with Crippen molar-refractivity contribution in [3.8, 4) is 0 Å². The lowest BCUT2D eigenvalue weighted by Gasteiger charge is -2.16. The van der Waals surface area contributed by atoms with Gasteiger partial charge in [0, 0.05) is 13.5 Å². The highest BCUT2D eigenvalue weighted by Crippen LogP contribution is 2.18. The lowest BCUT2D eigenvalue weighted by atomic mass is 10.3. The van der Waals surface area contributed by atoms with Gasteiger partial charge in [0.1, 0.15) is 5.01 Å². The minimum Gasteiger partial charge on any atom is -0.299 e. The summed E-state index contributed by atoms with van der Waals surface area (Å²) in [7, 11) is -2.32. The number of carbonyl (C=O) groups excluding carboxylic acids is 1. The molecule has 0 aliphatic carbocycles. The number of anilines is 1. The van der Waals surface area contributed by atoms with Gasteiger partial charge in [0.25, 0.3) is 0 Å². The molecule has 2 aromatic rings. The molecule has 9 heteroatoms. The third-order valence-corrected chi connectivity index (χ3v) is 5.99. The summed E-state index contributed by atoms with van der Waals surface area (Å²) in [5.74, 6) is -0.449. The van der Waals surface area contributed by atoms with Crippen LogP contribution in [-0.4, -0.2) is 42.4 Å². The molecule has 0 saturated heterocycles. The Bertz CT molecular complexity index is 775. The Kier molecular flexibility index (Phi) is 6.41. The highest BCUT2D eigenvalue weighted by Gasteiger charge is 2.23. The summed E-state index contributed by atoms with van der Waals surface area (Å²) in [6.45, 7) is 1.80. The van der Waals surface area contributed by atoms with Crippen LogP contribution < -0.4 is 5.32 Å². The van der Waals surface area contributed by atoms with Crippen molar-refractivity contribution in [1.82, 2.24) is 14.5 Å². The van der Waals surface area contributed by atoms with Gasteiger partial charge in [-0.15, -0.1) is 10.2 Å². The third kappa shape index (κ3) is 4.83. The lowest BCUT2D eigenvalue weighted by molar-refractivity contribution is -0.116. The molecule has 0 saturated carbocycles. The second kappa shape index (κ2) is 8.32. The first kappa shape index (κ1) is 18.5. The number of aryl methyl sites for hydroxylation is 1. The quantitative estimate of drug-likeness (QED) is 0.771. The van der Waals surface area contributed by atoms with Gasteiger partial charge in [-0.1, -0.05) is 42.9 Å². The van der Waals surface area contributed by atoms with E-state index in [1.54, 1.807) is 18.2 Å². The Balaban J connectivity index is 1.95. The number of unbranched alkanes of at least 4 members (excludes halogenated alkanes) is 1. The minimum absolute atomic E-state index is 0.151. The van der Waals surface area contributed by atoms with Crippen molar-refractivity contribution >= 4 is 32.4 Å². The summed E-state index contributed by atoms with van der Waals surface area (Å²) in [5, 5.41) is 11.7. The number of rotatable bonds is 8. The van der Waals surface area contributed by atoms with E-state index in [-0.39, 0.29) is 11.4 Å². The molecule has 0 aliphatic rings. The zero-order valence-electron chi connectivity index (χ0n) is 13.6. The summed E-state index contributed by atoms with van der Waals surface area (Å²) in [4.78, 5) is 12.2. The molecule has 0 aliphatic heterocycles. The van der Waals surface area contributed by atoms with Gasteiger partial charge < -0.3 is 0 Å². The topological polar surface area (TPSA) is 92.3 Å². The highest BCUT2D eigenvalue weighted by atomic mass is 32.2. The van der Waals surface area contributed by atoms with Crippen molar-refractivity contribution in [3.63, 3.8) is 0 Å². The summed E-state index contributed by atoms with van der Waals surface area (Å²) >= 11 is 1.31. The smallest absolute Gasteiger partial charge is 0.243 e. The molecule has 24 heavy (non-hydrogen) atoms. The van der Waals surface area contributed by atoms with Crippen molar-refractivity contribution in [3.05, 3.63) is 35.3 Å². The van der Waals surface area contributed by atoms with Gasteiger partial charge in [-0.25, -0.2) is 8.42 Å². The predicted molar refractivity (Wildman–Crippen MR) is 93.4 cm³/mol. The van der Waals surface area contributed by atoms with Crippen LogP contribution in [0.25, 0.3) is 0 Å². The number of hydrogen-bond acceptors (Lipinski definition) is 6. The van der Waals surface area contributed by atoms with Crippen molar-refractivity contribution in [2.24, 2.45) is 0 Å². The van der Waals surface area contributed by atoms with E-state index in [0.29, 0.717) is 5.13 Å². The average Bonchev–Trinajstić information content (AvgIpc) is 3.00. The fourth-order valence-corrected chi connectivity index (χ4v) is 3.90. The molecule has 0 fully saturated rings. The molecule has 2 rings (SSSR count). The molecule has 0 bridgehead atoms. The standard InChI is InChI=1S/C15H20N4O3S2/c1-3-4-10-14-17-18-15(23-14)16-13(20)11-19(2)24(21,22)12-8-6-5-7-9-12/h5-9H,3-4,10-11H2,1-2H3,(H,16,18,20). The molecule has 1 aromatic heterocycles. The first-order chi connectivity index (χ1) is 11.4. The van der Waals surface area contributed by atoms with Crippen LogP contribution >= 0.6 is 11.3 Å². The average molecular weight is 368 g/mol. The molecule has 130 valence electrons. The van der Waals surface area contributed by atoms with E-state index in [2.05, 4.69) is 22.4 Å². The molecular weight excluding hydrogens is 348 g/mol. The van der Waals surface area contributed by atoms with Crippen LogP contribution in [0.3, 0.4) is 0 Å². The molecule has 1 heterocycles. The highest BCUT2D eigenvalue weighted by molar-refractivity contribution is 7.89. The molecule has 1 N–H and O–H groups in total. The molecule has 1 amide bonds. The van der Waals surface area contributed by atoms with Gasteiger partial charge in [0.15, 0.2) is 0 Å². The van der Waals surface area contributed by atoms with Crippen molar-refractivity contribution < 1.29 is 13.2 Å². The van der Waals surface area contributed by atoms with Crippen LogP contribution in [0.1, 0.15) is 24.8 Å². The zero-order chi connectivity index (χ0) is 17.6. The number of likely N-dealkylation sites (N-methyl/N-ethyl adjacent to an activating group) is 1. The Morgan fingerprint density at radius 2 is 1.96 bits per heavy atom. The summed E-state index contributed by atoms with van der Waals surface area (Å²) in [5.41, 5.74) is 0. The summed E-state index contributed by atoms with van der Waals surface area (Å²) < 4.78 is 25.7. The fourth-order valence-electron chi connectivity index (χ4n) is 1.95. The Labute approximate surface area is 145 Å². The first-order valence-electron chi connectivity index (χ1n) is 7.57. The number of nitrogens with zero attached hydrogens (tertiary/aromatic N) is 3. The maximum Gasteiger partial charge on any atom is 0.243 e. The number of carbonyl (C=O) groups is 1. The maximum absolute atomic E-state index is 12.4. The van der Waals surface area contributed by atoms with Gasteiger partial charge in [0.05, 0.1) is 11.4 Å². The van der Waals surface area contributed by atoms with Crippen molar-refractivity contribution in [2.75, 3.05) is 18.9 Å². The largest absolute Gasteiger partial charge is 0.299 e. The van der Waals surface area contributed by atoms with Crippen molar-refractivity contribution in [2.45, 2.75) is 31.1 Å². The number of aromatic nitrogens is 2. The number of benzene rings is 1. The molecule has 0 radical (unpaired) electrons. The van der Waals surface area contributed by atoms with Gasteiger partial charge in [-0.05, 0) is 18.6 Å². The molecule has 0 atom stereocenters. The number of sulfonamides is 1. The summed E-state index contributed by atoms with van der Waals surface area (Å²) in [6.07, 6.45) is 2.90. The van der Waals surface area contributed by atoms with E-state index in [9.17, 15) is 13.2 Å². The second-order valence-corrected chi connectivity index (χ2v) is 8.33. The second-order valence-electron chi connectivity index (χ2n) is 5.23. The Hall–Kier alpha value is -1.84. The SMILES string of the molecule is CCCCc1nnc(NC(=O)CN(C)S(=O)(=O)c2ccccc2)s1. The minimum atomic E-state index is -3.69. The number of amides is 1. The number of nitrogens with one attached hydrogen (secondary N) is 1. The molecule has 1 aromatic carbocycles. The van der Waals surface area contributed by atoms with Crippen LogP contribution in [0, 0.1) is 0 Å². The van der Waals surface area contributed by atoms with E-state index >= 15 is 0 Å². The first-order valence-corrected chi connectivity index (χ1v) is 9.82. The van der Waals surface area contributed by atoms with Crippen LogP contribution in [-0.2, 0) is 21.2 Å². The molecule has 0 spiro atoms. The lowest BCUT2D eigenvalue weighted by Crippen LogP contribution is -2.34. The van der Waals surface area contributed by atoms with E-state index in [4.69, 9.17) is 0 Å². The van der Waals surface area contributed by atoms with Crippen LogP contribution in [0.4, 0.5) is 5.13 Å². The van der Waals surface area contributed by atoms with E-state index in [1.807, 2.05) is 0 Å². The van der Waals surface area contributed by atoms with E-state index in [1.165, 1.54) is 30.5 Å². The zero-order valence-corrected chi connectivity index (χ0v) is 15.2. The molecule has 7 nitrogen and oxygen atoms in total. The van der Waals surface area contributed by atoms with Crippen molar-refractivity contribution in [1.29, 1.82) is 0 Å². The Morgan fingerprint density at radius 3 is 2.62 bits per heavy atom. The van der Waals surface area contributed by atoms with Gasteiger partial charge in [-0.2, -0.15) is 4.31 Å². The van der Waals surface area contributed by atoms with E-state index in [0.717, 1.165) is 28.6 Å². The predicted octanol–water partition coefficient (Wildman–Crippen LogP) is 2.14. The number of hydrogen-bond donors (Lipinski definition) is 1. The molecule has 0 unspecified atom stereocenters. The molecular formula is C15H20N4O3S2. The van der Waals surface area contributed by atoms with Crippen LogP contribution in [0.15, 0.2) is 35.2 Å². The maximum atomic E-state index is 12.4. The Morgan fingerprint density at radius 1 is 1.25 bits per heavy atom. The van der Waals surface area contributed by atoms with Crippen LogP contribution in [0.5, 0.6) is 0 Å². The monoisotopic (exact) mass is 368 g/mol. The fraction of sp³-hybridized carbons (Fsp3) is 0.400. The van der Waals surface area contributed by atoms with Gasteiger partial charge in [-0.3, -0.25) is 10.1 Å². The summed E-state index contributed by atoms with van der Waals surface area (Å²) in [6, 6.07) is 8.00. The normalized spacial score (nSPS) is 11.6. The third-order valence-electron chi connectivity index (χ3n) is 3.28. The van der Waals surface area contributed by atoms with Crippen LogP contribution in [0.2, 0.25) is 0 Å².